The molecule has 82 valence electrons. The quantitative estimate of drug-likeness (QED) is 0.772. The molecule has 1 saturated heterocycles. The molecule has 1 fully saturated rings. The van der Waals surface area contributed by atoms with Crippen LogP contribution in [0.1, 0.15) is 36.5 Å². The third-order valence-corrected chi connectivity index (χ3v) is 5.16. The molecule has 1 aromatic rings. The maximum Gasteiger partial charge on any atom is 0.147 e. The van der Waals surface area contributed by atoms with Crippen molar-refractivity contribution in [1.82, 2.24) is 9.97 Å². The monoisotopic (exact) mass is 306 g/mol. The second-order valence-electron chi connectivity index (χ2n) is 3.49. The van der Waals surface area contributed by atoms with Crippen molar-refractivity contribution in [3.63, 3.8) is 0 Å². The van der Waals surface area contributed by atoms with E-state index in [2.05, 4.69) is 32.8 Å². The van der Waals surface area contributed by atoms with Crippen LogP contribution in [-0.2, 0) is 6.42 Å². The lowest BCUT2D eigenvalue weighted by Crippen LogP contribution is -2.03. The fourth-order valence-corrected chi connectivity index (χ4v) is 3.50. The van der Waals surface area contributed by atoms with Crippen LogP contribution in [0.25, 0.3) is 0 Å². The summed E-state index contributed by atoms with van der Waals surface area (Å²) in [4.78, 5) is 8.92. The summed E-state index contributed by atoms with van der Waals surface area (Å²) < 4.78 is 0.846. The second-order valence-corrected chi connectivity index (χ2v) is 5.95. The first-order chi connectivity index (χ1) is 7.22. The van der Waals surface area contributed by atoms with Gasteiger partial charge >= 0.3 is 0 Å². The topological polar surface area (TPSA) is 25.8 Å². The lowest BCUT2D eigenvalue weighted by atomic mass is 10.2. The van der Waals surface area contributed by atoms with Crippen LogP contribution in [0, 0.1) is 0 Å². The summed E-state index contributed by atoms with van der Waals surface area (Å²) in [5.41, 5.74) is 1.01. The van der Waals surface area contributed by atoms with Crippen molar-refractivity contribution in [2.45, 2.75) is 31.4 Å². The van der Waals surface area contributed by atoms with E-state index in [0.717, 1.165) is 22.4 Å². The van der Waals surface area contributed by atoms with E-state index < -0.39 is 0 Å². The van der Waals surface area contributed by atoms with E-state index in [9.17, 15) is 0 Å². The Labute approximate surface area is 107 Å². The minimum absolute atomic E-state index is 0.445. The van der Waals surface area contributed by atoms with E-state index in [-0.39, 0.29) is 0 Å². The Hall–Kier alpha value is 0.200. The molecule has 0 aromatic carbocycles. The summed E-state index contributed by atoms with van der Waals surface area (Å²) in [5.74, 6) is 2.12. The molecule has 2 heterocycles. The van der Waals surface area contributed by atoms with E-state index in [0.29, 0.717) is 10.4 Å². The van der Waals surface area contributed by atoms with Crippen molar-refractivity contribution >= 4 is 39.3 Å². The average Bonchev–Trinajstić information content (AvgIpc) is 2.75. The number of aryl methyl sites for hydroxylation is 1. The van der Waals surface area contributed by atoms with Crippen LogP contribution in [0.4, 0.5) is 0 Å². The van der Waals surface area contributed by atoms with E-state index in [1.54, 1.807) is 0 Å². The molecule has 1 aliphatic rings. The first-order valence-corrected chi connectivity index (χ1v) is 7.27. The highest BCUT2D eigenvalue weighted by Crippen LogP contribution is 2.39. The first kappa shape index (κ1) is 11.7. The van der Waals surface area contributed by atoms with Gasteiger partial charge in [0.15, 0.2) is 0 Å². The largest absolute Gasteiger partial charge is 0.235 e. The van der Waals surface area contributed by atoms with Gasteiger partial charge in [0, 0.05) is 0 Å². The lowest BCUT2D eigenvalue weighted by molar-refractivity contribution is 0.763. The Bertz CT molecular complexity index is 367. The first-order valence-electron chi connectivity index (χ1n) is 5.05. The Morgan fingerprint density at radius 3 is 2.93 bits per heavy atom. The Morgan fingerprint density at radius 2 is 2.33 bits per heavy atom. The predicted octanol–water partition coefficient (Wildman–Crippen LogP) is 4.02. The van der Waals surface area contributed by atoms with Crippen LogP contribution in [0.5, 0.6) is 0 Å². The van der Waals surface area contributed by atoms with Crippen LogP contribution < -0.4 is 0 Å². The molecule has 0 aliphatic carbocycles. The Balaban J connectivity index is 2.35. The normalized spacial score (nSPS) is 20.9. The van der Waals surface area contributed by atoms with Gasteiger partial charge in [0.05, 0.1) is 15.4 Å². The summed E-state index contributed by atoms with van der Waals surface area (Å²) in [6.07, 6.45) is 3.31. The van der Waals surface area contributed by atoms with Crippen molar-refractivity contribution < 1.29 is 0 Å². The summed E-state index contributed by atoms with van der Waals surface area (Å²) in [6, 6.07) is 0. The number of halogens is 2. The molecule has 1 unspecified atom stereocenters. The molecule has 0 bridgehead atoms. The van der Waals surface area contributed by atoms with Crippen molar-refractivity contribution in [3.05, 3.63) is 21.1 Å². The second kappa shape index (κ2) is 5.02. The van der Waals surface area contributed by atoms with Gasteiger partial charge in [-0.1, -0.05) is 18.5 Å². The minimum atomic E-state index is 0.445. The summed E-state index contributed by atoms with van der Waals surface area (Å²) in [6.45, 7) is 2.08. The van der Waals surface area contributed by atoms with Crippen molar-refractivity contribution in [3.8, 4) is 0 Å². The SMILES string of the molecule is CCc1nc(C2CCCS2)nc(Cl)c1Br. The van der Waals surface area contributed by atoms with Gasteiger partial charge in [-0.3, -0.25) is 0 Å². The molecular weight excluding hydrogens is 296 g/mol. The third-order valence-electron chi connectivity index (χ3n) is 2.45. The molecule has 0 saturated carbocycles. The maximum absolute atomic E-state index is 6.07. The van der Waals surface area contributed by atoms with Gasteiger partial charge in [-0.05, 0) is 40.9 Å². The number of hydrogen-bond acceptors (Lipinski definition) is 3. The van der Waals surface area contributed by atoms with E-state index >= 15 is 0 Å². The molecule has 0 spiro atoms. The predicted molar refractivity (Wildman–Crippen MR) is 68.6 cm³/mol. The molecule has 15 heavy (non-hydrogen) atoms. The molecule has 1 aliphatic heterocycles. The van der Waals surface area contributed by atoms with Crippen LogP contribution >= 0.6 is 39.3 Å². The number of aromatic nitrogens is 2. The number of thioether (sulfide) groups is 1. The molecule has 2 rings (SSSR count). The number of rotatable bonds is 2. The molecule has 0 amide bonds. The van der Waals surface area contributed by atoms with Gasteiger partial charge in [0.2, 0.25) is 0 Å². The fraction of sp³-hybridized carbons (Fsp3) is 0.600. The number of nitrogens with zero attached hydrogens (tertiary/aromatic N) is 2. The highest BCUT2D eigenvalue weighted by molar-refractivity contribution is 9.10. The lowest BCUT2D eigenvalue weighted by Gasteiger charge is -2.10. The standard InChI is InChI=1S/C10H12BrClN2S/c1-2-6-8(11)9(12)14-10(13-6)7-4-3-5-15-7/h7H,2-5H2,1H3. The van der Waals surface area contributed by atoms with Crippen molar-refractivity contribution in [2.24, 2.45) is 0 Å². The molecule has 0 N–H and O–H groups in total. The molecule has 1 atom stereocenters. The maximum atomic E-state index is 6.07. The highest BCUT2D eigenvalue weighted by Gasteiger charge is 2.22. The van der Waals surface area contributed by atoms with Crippen LogP contribution in [0.2, 0.25) is 5.15 Å². The van der Waals surface area contributed by atoms with Crippen LogP contribution in [-0.4, -0.2) is 15.7 Å². The zero-order valence-electron chi connectivity index (χ0n) is 8.46. The van der Waals surface area contributed by atoms with E-state index in [4.69, 9.17) is 11.6 Å². The fourth-order valence-electron chi connectivity index (χ4n) is 1.64. The van der Waals surface area contributed by atoms with Gasteiger partial charge < -0.3 is 0 Å². The summed E-state index contributed by atoms with van der Waals surface area (Å²) >= 11 is 11.4. The van der Waals surface area contributed by atoms with Gasteiger partial charge in [0.1, 0.15) is 11.0 Å². The molecule has 1 aromatic heterocycles. The zero-order chi connectivity index (χ0) is 10.8. The van der Waals surface area contributed by atoms with Gasteiger partial charge in [0.25, 0.3) is 0 Å². The highest BCUT2D eigenvalue weighted by atomic mass is 79.9. The smallest absolute Gasteiger partial charge is 0.147 e. The molecule has 0 radical (unpaired) electrons. The third kappa shape index (κ3) is 2.48. The van der Waals surface area contributed by atoms with Crippen molar-refractivity contribution in [1.29, 1.82) is 0 Å². The van der Waals surface area contributed by atoms with E-state index in [1.807, 2.05) is 11.8 Å². The van der Waals surface area contributed by atoms with Gasteiger partial charge in [-0.15, -0.1) is 0 Å². The van der Waals surface area contributed by atoms with Crippen LogP contribution in [0.3, 0.4) is 0 Å². The minimum Gasteiger partial charge on any atom is -0.235 e. The van der Waals surface area contributed by atoms with E-state index in [1.165, 1.54) is 18.6 Å². The molecule has 2 nitrogen and oxygen atoms in total. The van der Waals surface area contributed by atoms with Crippen molar-refractivity contribution in [2.75, 3.05) is 5.75 Å². The Morgan fingerprint density at radius 1 is 1.53 bits per heavy atom. The number of hydrogen-bond donors (Lipinski definition) is 0. The molecule has 5 heteroatoms. The molecular formula is C10H12BrClN2S. The average molecular weight is 308 g/mol. The summed E-state index contributed by atoms with van der Waals surface area (Å²) in [5, 5.41) is 0.991. The summed E-state index contributed by atoms with van der Waals surface area (Å²) in [7, 11) is 0. The van der Waals surface area contributed by atoms with Gasteiger partial charge in [-0.2, -0.15) is 11.8 Å². The van der Waals surface area contributed by atoms with Gasteiger partial charge in [-0.25, -0.2) is 9.97 Å². The van der Waals surface area contributed by atoms with Crippen LogP contribution in [0.15, 0.2) is 4.47 Å². The zero-order valence-corrected chi connectivity index (χ0v) is 11.6. The Kier molecular flexibility index (Phi) is 3.91.